The summed E-state index contributed by atoms with van der Waals surface area (Å²) in [6, 6.07) is 10.0. The average molecular weight is 322 g/mol. The van der Waals surface area contributed by atoms with E-state index in [9.17, 15) is 14.0 Å². The third-order valence-corrected chi connectivity index (χ3v) is 2.96. The molecule has 0 aromatic heterocycles. The quantitative estimate of drug-likeness (QED) is 0.797. The molecule has 0 aliphatic carbocycles. The number of carbonyl (C=O) groups excluding carboxylic acids is 2. The Morgan fingerprint density at radius 2 is 1.64 bits per heavy atom. The summed E-state index contributed by atoms with van der Waals surface area (Å²) in [5.41, 5.74) is 0.880. The summed E-state index contributed by atoms with van der Waals surface area (Å²) in [7, 11) is 0. The maximum absolute atomic E-state index is 13.6. The van der Waals surface area contributed by atoms with Gasteiger partial charge in [-0.3, -0.25) is 4.79 Å². The average Bonchev–Trinajstić information content (AvgIpc) is 2.42. The Balaban J connectivity index is 2.08. The molecule has 7 heteroatoms. The monoisotopic (exact) mass is 321 g/mol. The largest absolute Gasteiger partial charge is 0.326 e. The first-order chi connectivity index (χ1) is 10.5. The van der Waals surface area contributed by atoms with Crippen molar-refractivity contribution in [3.63, 3.8) is 0 Å². The minimum Gasteiger partial charge on any atom is -0.326 e. The number of rotatable bonds is 3. The minimum absolute atomic E-state index is 0.0975. The Bertz CT molecular complexity index is 701. The molecule has 0 fully saturated rings. The molecular formula is C15H13ClFN3O2. The number of halogens is 2. The van der Waals surface area contributed by atoms with E-state index in [-0.39, 0.29) is 16.6 Å². The van der Waals surface area contributed by atoms with Gasteiger partial charge in [-0.05, 0) is 30.3 Å². The first-order valence-corrected chi connectivity index (χ1v) is 6.73. The fourth-order valence-corrected chi connectivity index (χ4v) is 1.98. The van der Waals surface area contributed by atoms with Gasteiger partial charge in [-0.25, -0.2) is 9.18 Å². The molecule has 0 saturated carbocycles. The molecule has 0 bridgehead atoms. The van der Waals surface area contributed by atoms with Gasteiger partial charge in [-0.1, -0.05) is 23.7 Å². The summed E-state index contributed by atoms with van der Waals surface area (Å²) >= 11 is 5.83. The van der Waals surface area contributed by atoms with E-state index < -0.39 is 11.8 Å². The fraction of sp³-hybridized carbons (Fsp3) is 0.0667. The van der Waals surface area contributed by atoms with Gasteiger partial charge in [0.15, 0.2) is 0 Å². The molecule has 2 aromatic rings. The van der Waals surface area contributed by atoms with Crippen molar-refractivity contribution in [2.45, 2.75) is 6.92 Å². The molecule has 0 atom stereocenters. The Morgan fingerprint density at radius 1 is 1.00 bits per heavy atom. The molecule has 114 valence electrons. The van der Waals surface area contributed by atoms with E-state index in [1.165, 1.54) is 25.1 Å². The standard InChI is InChI=1S/C15H13ClFN3O2/c1-9(21)18-10-4-2-5-11(8-10)19-15(22)20-14-12(16)6-3-7-13(14)17/h2-8H,1H3,(H,18,21)(H2,19,20,22). The van der Waals surface area contributed by atoms with Crippen molar-refractivity contribution in [3.05, 3.63) is 53.3 Å². The van der Waals surface area contributed by atoms with Crippen LogP contribution in [0.15, 0.2) is 42.5 Å². The van der Waals surface area contributed by atoms with Crippen LogP contribution >= 0.6 is 11.6 Å². The third-order valence-electron chi connectivity index (χ3n) is 2.64. The van der Waals surface area contributed by atoms with E-state index in [4.69, 9.17) is 11.6 Å². The molecule has 0 aliphatic rings. The molecule has 22 heavy (non-hydrogen) atoms. The second kappa shape index (κ2) is 6.91. The molecule has 3 N–H and O–H groups in total. The summed E-state index contributed by atoms with van der Waals surface area (Å²) in [5.74, 6) is -0.852. The molecular weight excluding hydrogens is 309 g/mol. The molecule has 5 nitrogen and oxygen atoms in total. The summed E-state index contributed by atoms with van der Waals surface area (Å²) < 4.78 is 13.6. The Kier molecular flexibility index (Phi) is 4.95. The lowest BCUT2D eigenvalue weighted by Gasteiger charge is -2.11. The van der Waals surface area contributed by atoms with Gasteiger partial charge in [0.05, 0.1) is 10.7 Å². The van der Waals surface area contributed by atoms with E-state index in [2.05, 4.69) is 16.0 Å². The van der Waals surface area contributed by atoms with E-state index in [0.29, 0.717) is 11.4 Å². The van der Waals surface area contributed by atoms with Crippen molar-refractivity contribution in [1.82, 2.24) is 0 Å². The zero-order valence-corrected chi connectivity index (χ0v) is 12.4. The number of carbonyl (C=O) groups is 2. The number of benzene rings is 2. The predicted octanol–water partition coefficient (Wildman–Crippen LogP) is 4.08. The Hall–Kier alpha value is -2.60. The van der Waals surface area contributed by atoms with Crippen molar-refractivity contribution in [2.75, 3.05) is 16.0 Å². The van der Waals surface area contributed by atoms with Crippen LogP contribution in [0.3, 0.4) is 0 Å². The number of hydrogen-bond acceptors (Lipinski definition) is 2. The number of para-hydroxylation sites is 1. The van der Waals surface area contributed by atoms with Crippen LogP contribution in [0.2, 0.25) is 5.02 Å². The van der Waals surface area contributed by atoms with Crippen LogP contribution in [0.5, 0.6) is 0 Å². The molecule has 2 aromatic carbocycles. The first kappa shape index (κ1) is 15.8. The number of hydrogen-bond donors (Lipinski definition) is 3. The summed E-state index contributed by atoms with van der Waals surface area (Å²) in [6.07, 6.45) is 0. The number of urea groups is 1. The van der Waals surface area contributed by atoms with Crippen LogP contribution in [0.4, 0.5) is 26.2 Å². The second-order valence-corrected chi connectivity index (χ2v) is 4.84. The van der Waals surface area contributed by atoms with Gasteiger partial charge in [0.2, 0.25) is 5.91 Å². The molecule has 3 amide bonds. The maximum atomic E-state index is 13.6. The van der Waals surface area contributed by atoms with Gasteiger partial charge < -0.3 is 16.0 Å². The van der Waals surface area contributed by atoms with Crippen LogP contribution in [-0.2, 0) is 4.79 Å². The van der Waals surface area contributed by atoms with Gasteiger partial charge in [-0.15, -0.1) is 0 Å². The predicted molar refractivity (Wildman–Crippen MR) is 84.8 cm³/mol. The normalized spacial score (nSPS) is 9.95. The molecule has 0 unspecified atom stereocenters. The van der Waals surface area contributed by atoms with Gasteiger partial charge in [-0.2, -0.15) is 0 Å². The fourth-order valence-electron chi connectivity index (χ4n) is 1.77. The summed E-state index contributed by atoms with van der Waals surface area (Å²) in [5, 5.41) is 7.57. The van der Waals surface area contributed by atoms with E-state index in [0.717, 1.165) is 0 Å². The van der Waals surface area contributed by atoms with Crippen LogP contribution in [0.1, 0.15) is 6.92 Å². The van der Waals surface area contributed by atoms with Gasteiger partial charge in [0.25, 0.3) is 0 Å². The lowest BCUT2D eigenvalue weighted by Crippen LogP contribution is -2.20. The molecule has 0 radical (unpaired) electrons. The van der Waals surface area contributed by atoms with E-state index in [1.807, 2.05) is 0 Å². The smallest absolute Gasteiger partial charge is 0.323 e. The summed E-state index contributed by atoms with van der Waals surface area (Å²) in [4.78, 5) is 22.9. The van der Waals surface area contributed by atoms with Gasteiger partial charge in [0, 0.05) is 18.3 Å². The number of anilines is 3. The lowest BCUT2D eigenvalue weighted by molar-refractivity contribution is -0.114. The second-order valence-electron chi connectivity index (χ2n) is 4.44. The Labute approximate surface area is 131 Å². The third kappa shape index (κ3) is 4.20. The van der Waals surface area contributed by atoms with Crippen molar-refractivity contribution in [2.24, 2.45) is 0 Å². The SMILES string of the molecule is CC(=O)Nc1cccc(NC(=O)Nc2c(F)cccc2Cl)c1. The van der Waals surface area contributed by atoms with Gasteiger partial charge >= 0.3 is 6.03 Å². The first-order valence-electron chi connectivity index (χ1n) is 6.35. The highest BCUT2D eigenvalue weighted by Crippen LogP contribution is 2.25. The minimum atomic E-state index is -0.646. The van der Waals surface area contributed by atoms with Crippen molar-refractivity contribution < 1.29 is 14.0 Å². The lowest BCUT2D eigenvalue weighted by atomic mass is 10.2. The van der Waals surface area contributed by atoms with Crippen molar-refractivity contribution in [3.8, 4) is 0 Å². The Morgan fingerprint density at radius 3 is 2.27 bits per heavy atom. The van der Waals surface area contributed by atoms with Gasteiger partial charge in [0.1, 0.15) is 5.82 Å². The van der Waals surface area contributed by atoms with E-state index >= 15 is 0 Å². The highest BCUT2D eigenvalue weighted by atomic mass is 35.5. The van der Waals surface area contributed by atoms with Crippen LogP contribution in [0, 0.1) is 5.82 Å². The zero-order valence-electron chi connectivity index (χ0n) is 11.6. The highest BCUT2D eigenvalue weighted by Gasteiger charge is 2.10. The summed E-state index contributed by atoms with van der Waals surface area (Å²) in [6.45, 7) is 1.38. The molecule has 0 aliphatic heterocycles. The topological polar surface area (TPSA) is 70.2 Å². The van der Waals surface area contributed by atoms with Crippen LogP contribution < -0.4 is 16.0 Å². The molecule has 0 saturated heterocycles. The highest BCUT2D eigenvalue weighted by molar-refractivity contribution is 6.33. The van der Waals surface area contributed by atoms with Crippen LogP contribution in [-0.4, -0.2) is 11.9 Å². The van der Waals surface area contributed by atoms with Crippen molar-refractivity contribution in [1.29, 1.82) is 0 Å². The number of amides is 3. The molecule has 0 heterocycles. The maximum Gasteiger partial charge on any atom is 0.323 e. The van der Waals surface area contributed by atoms with Crippen molar-refractivity contribution >= 4 is 40.6 Å². The molecule has 0 spiro atoms. The van der Waals surface area contributed by atoms with Crippen LogP contribution in [0.25, 0.3) is 0 Å². The van der Waals surface area contributed by atoms with E-state index in [1.54, 1.807) is 24.3 Å². The zero-order chi connectivity index (χ0) is 16.1. The number of nitrogens with one attached hydrogen (secondary N) is 3. The molecule has 2 rings (SSSR count).